The standard InChI is InChI=1S/C19H28N4O5S/c1-6-8-11(19(5,26)17(25)22-27)16(24)20-15(18(2,3)4)13-14(28-23-21-13)12-9-7-10-29-12/h7,9-11,15,26-27H,6,8H2,1-5H3,(H,20,24)(H,22,25). The number of carbonyl (C=O) groups excluding carboxylic acids is 2. The minimum absolute atomic E-state index is 0.248. The van der Waals surface area contributed by atoms with E-state index in [1.807, 2.05) is 45.2 Å². The Balaban J connectivity index is 2.39. The quantitative estimate of drug-likeness (QED) is 0.377. The van der Waals surface area contributed by atoms with E-state index in [9.17, 15) is 14.7 Å². The molecule has 0 aliphatic carbocycles. The first-order valence-corrected chi connectivity index (χ1v) is 10.2. The summed E-state index contributed by atoms with van der Waals surface area (Å²) in [6, 6.07) is 3.15. The molecular weight excluding hydrogens is 396 g/mol. The Morgan fingerprint density at radius 1 is 1.31 bits per heavy atom. The monoisotopic (exact) mass is 424 g/mol. The lowest BCUT2D eigenvalue weighted by molar-refractivity contribution is -0.159. The van der Waals surface area contributed by atoms with Crippen LogP contribution in [0.25, 0.3) is 10.6 Å². The summed E-state index contributed by atoms with van der Waals surface area (Å²) >= 11 is 1.46. The largest absolute Gasteiger partial charge is 0.379 e. The predicted molar refractivity (Wildman–Crippen MR) is 107 cm³/mol. The van der Waals surface area contributed by atoms with Crippen LogP contribution in [0.2, 0.25) is 0 Å². The molecule has 2 aromatic rings. The molecule has 0 fully saturated rings. The highest BCUT2D eigenvalue weighted by Crippen LogP contribution is 2.39. The minimum Gasteiger partial charge on any atom is -0.379 e. The van der Waals surface area contributed by atoms with Gasteiger partial charge in [-0.2, -0.15) is 0 Å². The summed E-state index contributed by atoms with van der Waals surface area (Å²) in [6.07, 6.45) is 0.803. The van der Waals surface area contributed by atoms with Gasteiger partial charge in [-0.3, -0.25) is 14.8 Å². The molecule has 0 aliphatic heterocycles. The van der Waals surface area contributed by atoms with Gasteiger partial charge in [0.2, 0.25) is 11.7 Å². The molecule has 9 nitrogen and oxygen atoms in total. The van der Waals surface area contributed by atoms with Crippen LogP contribution in [0.15, 0.2) is 22.0 Å². The second-order valence-electron chi connectivity index (χ2n) is 8.20. The smallest absolute Gasteiger partial charge is 0.275 e. The van der Waals surface area contributed by atoms with Gasteiger partial charge >= 0.3 is 0 Å². The molecule has 0 spiro atoms. The maximum absolute atomic E-state index is 13.1. The fraction of sp³-hybridized carbons (Fsp3) is 0.579. The highest BCUT2D eigenvalue weighted by Gasteiger charge is 2.45. The molecule has 0 radical (unpaired) electrons. The highest BCUT2D eigenvalue weighted by atomic mass is 32.1. The number of hydrogen-bond acceptors (Lipinski definition) is 8. The number of amides is 2. The van der Waals surface area contributed by atoms with Crippen LogP contribution in [-0.2, 0) is 9.59 Å². The third kappa shape index (κ3) is 5.01. The Labute approximate surface area is 173 Å². The molecular formula is C19H28N4O5S. The average molecular weight is 425 g/mol. The van der Waals surface area contributed by atoms with Crippen LogP contribution >= 0.6 is 11.3 Å². The van der Waals surface area contributed by atoms with Crippen LogP contribution in [0, 0.1) is 11.3 Å². The summed E-state index contributed by atoms with van der Waals surface area (Å²) in [4.78, 5) is 25.9. The molecule has 0 aliphatic rings. The molecule has 2 rings (SSSR count). The van der Waals surface area contributed by atoms with Crippen molar-refractivity contribution < 1.29 is 24.4 Å². The van der Waals surface area contributed by atoms with E-state index in [4.69, 9.17) is 9.73 Å². The third-order valence-corrected chi connectivity index (χ3v) is 5.69. The molecule has 2 aromatic heterocycles. The molecule has 160 valence electrons. The van der Waals surface area contributed by atoms with Gasteiger partial charge < -0.3 is 14.9 Å². The number of nitrogens with zero attached hydrogens (tertiary/aromatic N) is 2. The van der Waals surface area contributed by atoms with E-state index in [0.29, 0.717) is 17.9 Å². The molecule has 10 heteroatoms. The Morgan fingerprint density at radius 3 is 2.52 bits per heavy atom. The predicted octanol–water partition coefficient (Wildman–Crippen LogP) is 2.67. The second-order valence-corrected chi connectivity index (χ2v) is 9.15. The molecule has 0 aromatic carbocycles. The van der Waals surface area contributed by atoms with Gasteiger partial charge in [0.25, 0.3) is 5.91 Å². The molecule has 2 heterocycles. The molecule has 0 bridgehead atoms. The summed E-state index contributed by atoms with van der Waals surface area (Å²) in [7, 11) is 0. The number of nitrogens with one attached hydrogen (secondary N) is 2. The maximum Gasteiger partial charge on any atom is 0.275 e. The van der Waals surface area contributed by atoms with Crippen molar-refractivity contribution in [3.05, 3.63) is 23.2 Å². The Hall–Kier alpha value is -2.30. The van der Waals surface area contributed by atoms with E-state index in [-0.39, 0.29) is 6.42 Å². The van der Waals surface area contributed by atoms with Gasteiger partial charge in [-0.15, -0.1) is 16.4 Å². The van der Waals surface area contributed by atoms with Crippen molar-refractivity contribution in [3.63, 3.8) is 0 Å². The Bertz CT molecular complexity index is 826. The lowest BCUT2D eigenvalue weighted by atomic mass is 9.81. The van der Waals surface area contributed by atoms with Crippen LogP contribution in [-0.4, -0.2) is 38.1 Å². The molecule has 3 atom stereocenters. The second kappa shape index (κ2) is 9.02. The molecule has 0 saturated carbocycles. The molecule has 4 N–H and O–H groups in total. The fourth-order valence-electron chi connectivity index (χ4n) is 3.13. The van der Waals surface area contributed by atoms with Gasteiger partial charge in [0, 0.05) is 5.27 Å². The van der Waals surface area contributed by atoms with E-state index < -0.39 is 34.8 Å². The van der Waals surface area contributed by atoms with E-state index >= 15 is 0 Å². The third-order valence-electron chi connectivity index (χ3n) is 4.82. The van der Waals surface area contributed by atoms with Crippen LogP contribution in [0.3, 0.4) is 0 Å². The number of thiophene rings is 1. The summed E-state index contributed by atoms with van der Waals surface area (Å²) < 4.78 is 5.35. The van der Waals surface area contributed by atoms with Gasteiger partial charge in [-0.1, -0.05) is 40.2 Å². The van der Waals surface area contributed by atoms with Gasteiger partial charge in [-0.05, 0) is 30.2 Å². The number of carbonyl (C=O) groups is 2. The highest BCUT2D eigenvalue weighted by molar-refractivity contribution is 7.13. The van der Waals surface area contributed by atoms with Gasteiger partial charge in [0.15, 0.2) is 5.60 Å². The molecule has 3 unspecified atom stereocenters. The first kappa shape index (κ1) is 23.0. The lowest BCUT2D eigenvalue weighted by Crippen LogP contribution is -2.55. The fourth-order valence-corrected chi connectivity index (χ4v) is 3.84. The average Bonchev–Trinajstić information content (AvgIpc) is 3.32. The summed E-state index contributed by atoms with van der Waals surface area (Å²) in [5.74, 6) is -2.18. The first-order chi connectivity index (χ1) is 13.5. The van der Waals surface area contributed by atoms with E-state index in [2.05, 4.69) is 15.7 Å². The van der Waals surface area contributed by atoms with E-state index in [1.54, 1.807) is 0 Å². The van der Waals surface area contributed by atoms with Crippen molar-refractivity contribution in [1.82, 2.24) is 21.2 Å². The van der Waals surface area contributed by atoms with Crippen molar-refractivity contribution in [2.75, 3.05) is 0 Å². The molecule has 29 heavy (non-hydrogen) atoms. The first-order valence-electron chi connectivity index (χ1n) is 9.37. The maximum atomic E-state index is 13.1. The van der Waals surface area contributed by atoms with Crippen molar-refractivity contribution in [1.29, 1.82) is 0 Å². The van der Waals surface area contributed by atoms with Crippen molar-refractivity contribution in [2.24, 2.45) is 11.3 Å². The summed E-state index contributed by atoms with van der Waals surface area (Å²) in [5.41, 5.74) is -0.657. The zero-order chi connectivity index (χ0) is 21.8. The van der Waals surface area contributed by atoms with Crippen LogP contribution in [0.4, 0.5) is 0 Å². The summed E-state index contributed by atoms with van der Waals surface area (Å²) in [5, 5.41) is 32.2. The Morgan fingerprint density at radius 2 is 2.00 bits per heavy atom. The van der Waals surface area contributed by atoms with Crippen LogP contribution in [0.1, 0.15) is 59.2 Å². The van der Waals surface area contributed by atoms with Crippen molar-refractivity contribution in [3.8, 4) is 10.6 Å². The summed E-state index contributed by atoms with van der Waals surface area (Å²) in [6.45, 7) is 8.83. The normalized spacial score (nSPS) is 16.0. The Kier molecular flexibility index (Phi) is 7.15. The zero-order valence-corrected chi connectivity index (χ0v) is 18.0. The SMILES string of the molecule is CCCC(C(=O)NC(c1nnoc1-c1cccs1)C(C)(C)C)C(C)(O)C(=O)NO. The van der Waals surface area contributed by atoms with E-state index in [0.717, 1.165) is 4.88 Å². The topological polar surface area (TPSA) is 138 Å². The number of hydroxylamine groups is 1. The van der Waals surface area contributed by atoms with Crippen molar-refractivity contribution in [2.45, 2.75) is 59.1 Å². The number of aromatic nitrogens is 2. The van der Waals surface area contributed by atoms with Crippen LogP contribution < -0.4 is 10.8 Å². The number of hydrogen-bond donors (Lipinski definition) is 4. The lowest BCUT2D eigenvalue weighted by Gasteiger charge is -2.34. The molecule has 0 saturated heterocycles. The van der Waals surface area contributed by atoms with Crippen molar-refractivity contribution >= 4 is 23.2 Å². The number of aliphatic hydroxyl groups is 1. The number of rotatable bonds is 8. The van der Waals surface area contributed by atoms with Gasteiger partial charge in [0.05, 0.1) is 16.8 Å². The van der Waals surface area contributed by atoms with Crippen LogP contribution in [0.5, 0.6) is 0 Å². The van der Waals surface area contributed by atoms with Gasteiger partial charge in [-0.25, -0.2) is 5.48 Å². The zero-order valence-electron chi connectivity index (χ0n) is 17.2. The van der Waals surface area contributed by atoms with Gasteiger partial charge in [0.1, 0.15) is 5.69 Å². The van der Waals surface area contributed by atoms with E-state index in [1.165, 1.54) is 23.7 Å². The minimum atomic E-state index is -2.09. The molecule has 2 amide bonds.